The first kappa shape index (κ1) is 15.3. The molecule has 120 valence electrons. The van der Waals surface area contributed by atoms with E-state index in [4.69, 9.17) is 0 Å². The van der Waals surface area contributed by atoms with Gasteiger partial charge in [0.15, 0.2) is 11.4 Å². The number of hydrogen-bond donors (Lipinski definition) is 1. The molecular formula is C17H19N3O3. The zero-order chi connectivity index (χ0) is 16.4. The van der Waals surface area contributed by atoms with Crippen LogP contribution in [0.15, 0.2) is 35.3 Å². The lowest BCUT2D eigenvalue weighted by atomic mass is 10.0. The minimum Gasteiger partial charge on any atom is -0.502 e. The van der Waals surface area contributed by atoms with Gasteiger partial charge in [0.1, 0.15) is 0 Å². The van der Waals surface area contributed by atoms with Gasteiger partial charge in [-0.05, 0) is 17.5 Å². The fraction of sp³-hybridized carbons (Fsp3) is 0.353. The zero-order valence-electron chi connectivity index (χ0n) is 13.0. The quantitative estimate of drug-likeness (QED) is 0.929. The third-order valence-electron chi connectivity index (χ3n) is 4.10. The second kappa shape index (κ2) is 6.24. The van der Waals surface area contributed by atoms with E-state index >= 15 is 0 Å². The van der Waals surface area contributed by atoms with Gasteiger partial charge in [0, 0.05) is 13.1 Å². The maximum atomic E-state index is 12.6. The van der Waals surface area contributed by atoms with Crippen molar-refractivity contribution in [3.8, 4) is 5.75 Å². The van der Waals surface area contributed by atoms with Crippen molar-refractivity contribution in [2.75, 3.05) is 6.54 Å². The molecule has 1 aliphatic heterocycles. The number of fused-ring (bicyclic) bond motifs is 1. The lowest BCUT2D eigenvalue weighted by Gasteiger charge is -2.29. The summed E-state index contributed by atoms with van der Waals surface area (Å²) in [7, 11) is 0. The molecule has 1 aromatic carbocycles. The van der Waals surface area contributed by atoms with E-state index in [1.807, 2.05) is 18.2 Å². The predicted molar refractivity (Wildman–Crippen MR) is 85.3 cm³/mol. The summed E-state index contributed by atoms with van der Waals surface area (Å²) in [5, 5.41) is 13.8. The number of nitrogens with zero attached hydrogens (tertiary/aromatic N) is 3. The SMILES string of the molecule is CCCc1ccccc1CN1CCn2ncc(=O)c(O)c2C1=O. The monoisotopic (exact) mass is 313 g/mol. The van der Waals surface area contributed by atoms with Crippen molar-refractivity contribution in [2.45, 2.75) is 32.9 Å². The Balaban J connectivity index is 1.90. The minimum absolute atomic E-state index is 0.0169. The number of carbonyl (C=O) groups is 1. The van der Waals surface area contributed by atoms with E-state index in [-0.39, 0.29) is 11.6 Å². The van der Waals surface area contributed by atoms with Crippen LogP contribution in [-0.2, 0) is 19.5 Å². The molecule has 0 saturated carbocycles. The molecule has 1 aromatic heterocycles. The predicted octanol–water partition coefficient (Wildman–Crippen LogP) is 1.56. The van der Waals surface area contributed by atoms with Gasteiger partial charge in [0.2, 0.25) is 5.43 Å². The summed E-state index contributed by atoms with van der Waals surface area (Å²) in [5.74, 6) is -0.873. The molecule has 0 aliphatic carbocycles. The first-order chi connectivity index (χ1) is 11.1. The Bertz CT molecular complexity index is 798. The highest BCUT2D eigenvalue weighted by Gasteiger charge is 2.29. The summed E-state index contributed by atoms with van der Waals surface area (Å²) < 4.78 is 1.40. The zero-order valence-corrected chi connectivity index (χ0v) is 13.0. The molecule has 23 heavy (non-hydrogen) atoms. The Labute approximate surface area is 134 Å². The summed E-state index contributed by atoms with van der Waals surface area (Å²) in [4.78, 5) is 25.8. The molecule has 2 aromatic rings. The maximum Gasteiger partial charge on any atom is 0.276 e. The first-order valence-corrected chi connectivity index (χ1v) is 7.77. The second-order valence-corrected chi connectivity index (χ2v) is 5.67. The molecule has 0 bridgehead atoms. The average molecular weight is 313 g/mol. The van der Waals surface area contributed by atoms with Crippen LogP contribution in [0, 0.1) is 0 Å². The summed E-state index contributed by atoms with van der Waals surface area (Å²) in [6.07, 6.45) is 3.03. The molecule has 0 radical (unpaired) electrons. The van der Waals surface area contributed by atoms with Gasteiger partial charge in [-0.25, -0.2) is 0 Å². The fourth-order valence-corrected chi connectivity index (χ4v) is 2.91. The number of carbonyl (C=O) groups excluding carboxylic acids is 1. The topological polar surface area (TPSA) is 75.4 Å². The van der Waals surface area contributed by atoms with Crippen molar-refractivity contribution in [1.29, 1.82) is 0 Å². The molecule has 0 fully saturated rings. The Morgan fingerprint density at radius 1 is 1.17 bits per heavy atom. The molecule has 6 nitrogen and oxygen atoms in total. The molecule has 0 saturated heterocycles. The van der Waals surface area contributed by atoms with Gasteiger partial charge < -0.3 is 10.0 Å². The van der Waals surface area contributed by atoms with Gasteiger partial charge >= 0.3 is 0 Å². The van der Waals surface area contributed by atoms with Crippen LogP contribution in [0.3, 0.4) is 0 Å². The molecule has 0 spiro atoms. The highest BCUT2D eigenvalue weighted by Crippen LogP contribution is 2.21. The Kier molecular flexibility index (Phi) is 4.14. The number of aromatic hydroxyl groups is 1. The number of hydrogen-bond acceptors (Lipinski definition) is 4. The largest absolute Gasteiger partial charge is 0.502 e. The average Bonchev–Trinajstić information content (AvgIpc) is 2.55. The van der Waals surface area contributed by atoms with Crippen LogP contribution in [0.2, 0.25) is 0 Å². The summed E-state index contributed by atoms with van der Waals surface area (Å²) in [6.45, 7) is 3.55. The Hall–Kier alpha value is -2.63. The smallest absolute Gasteiger partial charge is 0.276 e. The van der Waals surface area contributed by atoms with Crippen molar-refractivity contribution in [1.82, 2.24) is 14.7 Å². The van der Waals surface area contributed by atoms with Crippen molar-refractivity contribution >= 4 is 5.91 Å². The molecule has 6 heteroatoms. The summed E-state index contributed by atoms with van der Waals surface area (Å²) >= 11 is 0. The van der Waals surface area contributed by atoms with Crippen molar-refractivity contribution < 1.29 is 9.90 Å². The highest BCUT2D eigenvalue weighted by atomic mass is 16.3. The second-order valence-electron chi connectivity index (χ2n) is 5.67. The van der Waals surface area contributed by atoms with Crippen LogP contribution in [0.4, 0.5) is 0 Å². The third kappa shape index (κ3) is 2.84. The standard InChI is InChI=1S/C17H19N3O3/c1-2-5-12-6-3-4-7-13(12)11-19-8-9-20-15(17(19)23)16(22)14(21)10-18-20/h3-4,6-7,10,22H,2,5,8-9,11H2,1H3. The molecule has 0 unspecified atom stereocenters. The van der Waals surface area contributed by atoms with Crippen LogP contribution in [0.1, 0.15) is 35.0 Å². The lowest BCUT2D eigenvalue weighted by molar-refractivity contribution is 0.0673. The fourth-order valence-electron chi connectivity index (χ4n) is 2.91. The number of amides is 1. The number of benzene rings is 1. The van der Waals surface area contributed by atoms with E-state index in [2.05, 4.69) is 18.1 Å². The van der Waals surface area contributed by atoms with Gasteiger partial charge in [0.25, 0.3) is 5.91 Å². The molecule has 1 N–H and O–H groups in total. The number of rotatable bonds is 4. The Morgan fingerprint density at radius 3 is 2.65 bits per heavy atom. The summed E-state index contributed by atoms with van der Waals surface area (Å²) in [5.41, 5.74) is 1.68. The maximum absolute atomic E-state index is 12.6. The molecular weight excluding hydrogens is 294 g/mol. The van der Waals surface area contributed by atoms with Crippen LogP contribution in [-0.4, -0.2) is 32.2 Å². The van der Waals surface area contributed by atoms with E-state index in [0.29, 0.717) is 19.6 Å². The number of aryl methyl sites for hydroxylation is 1. The summed E-state index contributed by atoms with van der Waals surface area (Å²) in [6, 6.07) is 8.05. The van der Waals surface area contributed by atoms with Gasteiger partial charge in [-0.2, -0.15) is 5.10 Å². The van der Waals surface area contributed by atoms with E-state index < -0.39 is 11.2 Å². The van der Waals surface area contributed by atoms with Crippen LogP contribution >= 0.6 is 0 Å². The van der Waals surface area contributed by atoms with Gasteiger partial charge in [-0.1, -0.05) is 37.6 Å². The van der Waals surface area contributed by atoms with E-state index in [0.717, 1.165) is 24.6 Å². The van der Waals surface area contributed by atoms with Gasteiger partial charge in [-0.3, -0.25) is 14.3 Å². The molecule has 1 aliphatic rings. The highest BCUT2D eigenvalue weighted by molar-refractivity contribution is 5.95. The number of aromatic nitrogens is 2. The van der Waals surface area contributed by atoms with Gasteiger partial charge in [-0.15, -0.1) is 0 Å². The first-order valence-electron chi connectivity index (χ1n) is 7.77. The molecule has 2 heterocycles. The van der Waals surface area contributed by atoms with Crippen molar-refractivity contribution in [2.24, 2.45) is 0 Å². The van der Waals surface area contributed by atoms with E-state index in [1.165, 1.54) is 10.2 Å². The van der Waals surface area contributed by atoms with Crippen molar-refractivity contribution in [3.05, 3.63) is 57.5 Å². The third-order valence-corrected chi connectivity index (χ3v) is 4.10. The lowest BCUT2D eigenvalue weighted by Crippen LogP contribution is -2.42. The minimum atomic E-state index is -0.627. The van der Waals surface area contributed by atoms with Gasteiger partial charge in [0.05, 0.1) is 12.7 Å². The van der Waals surface area contributed by atoms with E-state index in [9.17, 15) is 14.7 Å². The Morgan fingerprint density at radius 2 is 1.91 bits per heavy atom. The molecule has 1 amide bonds. The van der Waals surface area contributed by atoms with Crippen LogP contribution in [0.25, 0.3) is 0 Å². The normalized spacial score (nSPS) is 14.0. The van der Waals surface area contributed by atoms with Crippen LogP contribution < -0.4 is 5.43 Å². The van der Waals surface area contributed by atoms with Crippen LogP contribution in [0.5, 0.6) is 5.75 Å². The van der Waals surface area contributed by atoms with Crippen molar-refractivity contribution in [3.63, 3.8) is 0 Å². The molecule has 3 rings (SSSR count). The van der Waals surface area contributed by atoms with E-state index in [1.54, 1.807) is 4.90 Å². The molecule has 0 atom stereocenters.